The summed E-state index contributed by atoms with van der Waals surface area (Å²) in [6.45, 7) is 3.63. The van der Waals surface area contributed by atoms with Crippen molar-refractivity contribution in [1.29, 1.82) is 0 Å². The molecule has 2 N–H and O–H groups in total. The Morgan fingerprint density at radius 2 is 2.44 bits per heavy atom. The summed E-state index contributed by atoms with van der Waals surface area (Å²) in [6.07, 6.45) is 2.97. The molecule has 1 aliphatic heterocycles. The van der Waals surface area contributed by atoms with Crippen LogP contribution in [-0.4, -0.2) is 37.4 Å². The van der Waals surface area contributed by atoms with E-state index >= 15 is 0 Å². The standard InChI is InChI=1S/C11H19NO4/c1-2-9(3-4-13)7-12-11(14)10-8-15-5-6-16-10/h8-9,13H,2-7H2,1H3,(H,12,14). The van der Waals surface area contributed by atoms with Crippen LogP contribution in [0.2, 0.25) is 0 Å². The van der Waals surface area contributed by atoms with Gasteiger partial charge in [-0.25, -0.2) is 0 Å². The van der Waals surface area contributed by atoms with E-state index in [1.165, 1.54) is 6.26 Å². The van der Waals surface area contributed by atoms with Crippen molar-refractivity contribution in [2.45, 2.75) is 19.8 Å². The Balaban J connectivity index is 2.30. The van der Waals surface area contributed by atoms with Gasteiger partial charge in [0.2, 0.25) is 5.76 Å². The van der Waals surface area contributed by atoms with Gasteiger partial charge >= 0.3 is 0 Å². The lowest BCUT2D eigenvalue weighted by Gasteiger charge is -2.17. The average molecular weight is 229 g/mol. The fourth-order valence-corrected chi connectivity index (χ4v) is 1.44. The maximum Gasteiger partial charge on any atom is 0.289 e. The summed E-state index contributed by atoms with van der Waals surface area (Å²) in [4.78, 5) is 11.6. The van der Waals surface area contributed by atoms with E-state index in [-0.39, 0.29) is 18.3 Å². The molecule has 0 aliphatic carbocycles. The summed E-state index contributed by atoms with van der Waals surface area (Å²) >= 11 is 0. The van der Waals surface area contributed by atoms with Crippen molar-refractivity contribution in [2.75, 3.05) is 26.4 Å². The number of nitrogens with one attached hydrogen (secondary N) is 1. The molecule has 0 aromatic heterocycles. The van der Waals surface area contributed by atoms with Crippen LogP contribution in [0.15, 0.2) is 12.0 Å². The molecule has 1 unspecified atom stereocenters. The van der Waals surface area contributed by atoms with E-state index in [1.54, 1.807) is 0 Å². The summed E-state index contributed by atoms with van der Waals surface area (Å²) in [5, 5.41) is 11.6. The molecule has 0 fully saturated rings. The third kappa shape index (κ3) is 4.10. The van der Waals surface area contributed by atoms with Crippen molar-refractivity contribution in [3.05, 3.63) is 12.0 Å². The zero-order valence-electron chi connectivity index (χ0n) is 9.57. The number of aliphatic hydroxyl groups excluding tert-OH is 1. The molecule has 16 heavy (non-hydrogen) atoms. The quantitative estimate of drug-likeness (QED) is 0.692. The van der Waals surface area contributed by atoms with Gasteiger partial charge in [0.05, 0.1) is 0 Å². The minimum Gasteiger partial charge on any atom is -0.494 e. The molecule has 1 rings (SSSR count). The van der Waals surface area contributed by atoms with Gasteiger partial charge < -0.3 is 19.9 Å². The topological polar surface area (TPSA) is 67.8 Å². The van der Waals surface area contributed by atoms with Crippen LogP contribution in [0, 0.1) is 5.92 Å². The van der Waals surface area contributed by atoms with Crippen molar-refractivity contribution in [3.8, 4) is 0 Å². The first-order valence-electron chi connectivity index (χ1n) is 5.61. The number of ether oxygens (including phenoxy) is 2. The first-order valence-corrected chi connectivity index (χ1v) is 5.61. The highest BCUT2D eigenvalue weighted by molar-refractivity contribution is 5.91. The first-order chi connectivity index (χ1) is 7.77. The van der Waals surface area contributed by atoms with Gasteiger partial charge in [-0.15, -0.1) is 0 Å². The third-order valence-electron chi connectivity index (χ3n) is 2.54. The first kappa shape index (κ1) is 12.8. The van der Waals surface area contributed by atoms with Gasteiger partial charge in [-0.1, -0.05) is 13.3 Å². The van der Waals surface area contributed by atoms with Crippen LogP contribution in [0.25, 0.3) is 0 Å². The van der Waals surface area contributed by atoms with Crippen LogP contribution >= 0.6 is 0 Å². The molecule has 0 bridgehead atoms. The van der Waals surface area contributed by atoms with E-state index in [0.29, 0.717) is 32.1 Å². The summed E-state index contributed by atoms with van der Waals surface area (Å²) in [7, 11) is 0. The molecular weight excluding hydrogens is 210 g/mol. The zero-order valence-corrected chi connectivity index (χ0v) is 9.57. The molecule has 1 heterocycles. The van der Waals surface area contributed by atoms with Gasteiger partial charge in [0.1, 0.15) is 19.5 Å². The second-order valence-electron chi connectivity index (χ2n) is 3.70. The Hall–Kier alpha value is -1.23. The van der Waals surface area contributed by atoms with E-state index in [4.69, 9.17) is 14.6 Å². The van der Waals surface area contributed by atoms with E-state index in [0.717, 1.165) is 6.42 Å². The van der Waals surface area contributed by atoms with Gasteiger partial charge in [0, 0.05) is 13.2 Å². The van der Waals surface area contributed by atoms with Crippen molar-refractivity contribution in [2.24, 2.45) is 5.92 Å². The number of carbonyl (C=O) groups excluding carboxylic acids is 1. The van der Waals surface area contributed by atoms with Gasteiger partial charge in [-0.05, 0) is 12.3 Å². The van der Waals surface area contributed by atoms with E-state index in [2.05, 4.69) is 5.32 Å². The van der Waals surface area contributed by atoms with Crippen molar-refractivity contribution < 1.29 is 19.4 Å². The van der Waals surface area contributed by atoms with Crippen molar-refractivity contribution in [1.82, 2.24) is 5.32 Å². The fourth-order valence-electron chi connectivity index (χ4n) is 1.44. The minimum atomic E-state index is -0.254. The van der Waals surface area contributed by atoms with E-state index < -0.39 is 0 Å². The number of hydrogen-bond donors (Lipinski definition) is 2. The number of amides is 1. The lowest BCUT2D eigenvalue weighted by Crippen LogP contribution is -2.32. The Labute approximate surface area is 95.4 Å². The lowest BCUT2D eigenvalue weighted by molar-refractivity contribution is -0.122. The summed E-state index contributed by atoms with van der Waals surface area (Å²) in [6, 6.07) is 0. The molecule has 0 spiro atoms. The van der Waals surface area contributed by atoms with E-state index in [1.807, 2.05) is 6.92 Å². The summed E-state index contributed by atoms with van der Waals surface area (Å²) in [5.41, 5.74) is 0. The van der Waals surface area contributed by atoms with Crippen molar-refractivity contribution >= 4 is 5.91 Å². The predicted molar refractivity (Wildman–Crippen MR) is 58.5 cm³/mol. The van der Waals surface area contributed by atoms with Crippen molar-refractivity contribution in [3.63, 3.8) is 0 Å². The normalized spacial score (nSPS) is 16.8. The molecule has 92 valence electrons. The molecule has 5 heteroatoms. The molecule has 0 saturated heterocycles. The van der Waals surface area contributed by atoms with Crippen LogP contribution in [0.4, 0.5) is 0 Å². The monoisotopic (exact) mass is 229 g/mol. The summed E-state index contributed by atoms with van der Waals surface area (Å²) in [5.74, 6) is 0.278. The third-order valence-corrected chi connectivity index (χ3v) is 2.54. The molecule has 0 radical (unpaired) electrons. The molecule has 0 saturated carbocycles. The highest BCUT2D eigenvalue weighted by atomic mass is 16.6. The van der Waals surface area contributed by atoms with Crippen LogP contribution < -0.4 is 5.32 Å². The van der Waals surface area contributed by atoms with E-state index in [9.17, 15) is 4.79 Å². The van der Waals surface area contributed by atoms with Crippen LogP contribution in [0.5, 0.6) is 0 Å². The molecule has 0 aromatic rings. The number of rotatable bonds is 6. The zero-order chi connectivity index (χ0) is 11.8. The van der Waals surface area contributed by atoms with Crippen LogP contribution in [0.1, 0.15) is 19.8 Å². The Morgan fingerprint density at radius 1 is 1.62 bits per heavy atom. The molecule has 1 aliphatic rings. The minimum absolute atomic E-state index is 0.149. The second kappa shape index (κ2) is 7.11. The summed E-state index contributed by atoms with van der Waals surface area (Å²) < 4.78 is 10.1. The average Bonchev–Trinajstić information content (AvgIpc) is 2.35. The largest absolute Gasteiger partial charge is 0.494 e. The van der Waals surface area contributed by atoms with Crippen LogP contribution in [-0.2, 0) is 14.3 Å². The molecule has 1 amide bonds. The lowest BCUT2D eigenvalue weighted by atomic mass is 10.0. The molecule has 1 atom stereocenters. The maximum absolute atomic E-state index is 11.6. The molecule has 0 aromatic carbocycles. The predicted octanol–water partition coefficient (Wildman–Crippen LogP) is 0.399. The molecule has 5 nitrogen and oxygen atoms in total. The van der Waals surface area contributed by atoms with Gasteiger partial charge in [0.25, 0.3) is 5.91 Å². The van der Waals surface area contributed by atoms with Gasteiger partial charge in [0.15, 0.2) is 0 Å². The number of carbonyl (C=O) groups is 1. The Kier molecular flexibility index (Phi) is 5.71. The fraction of sp³-hybridized carbons (Fsp3) is 0.727. The highest BCUT2D eigenvalue weighted by Gasteiger charge is 2.15. The smallest absolute Gasteiger partial charge is 0.289 e. The van der Waals surface area contributed by atoms with Gasteiger partial charge in [-0.3, -0.25) is 4.79 Å². The number of aliphatic hydroxyl groups is 1. The highest BCUT2D eigenvalue weighted by Crippen LogP contribution is 2.07. The molecular formula is C11H19NO4. The SMILES string of the molecule is CCC(CCO)CNC(=O)C1=COCCO1. The second-order valence-corrected chi connectivity index (χ2v) is 3.70. The maximum atomic E-state index is 11.6. The number of hydrogen-bond acceptors (Lipinski definition) is 4. The Morgan fingerprint density at radius 3 is 3.00 bits per heavy atom. The van der Waals surface area contributed by atoms with Gasteiger partial charge in [-0.2, -0.15) is 0 Å². The Bertz CT molecular complexity index is 252. The van der Waals surface area contributed by atoms with Crippen LogP contribution in [0.3, 0.4) is 0 Å².